The Balaban J connectivity index is 1.55. The van der Waals surface area contributed by atoms with Crippen molar-refractivity contribution in [2.75, 3.05) is 20.3 Å². The first-order valence-corrected chi connectivity index (χ1v) is 8.29. The van der Waals surface area contributed by atoms with E-state index >= 15 is 0 Å². The summed E-state index contributed by atoms with van der Waals surface area (Å²) < 4.78 is 12.3. The number of rotatable bonds is 5. The average molecular weight is 362 g/mol. The molecule has 0 aliphatic carbocycles. The van der Waals surface area contributed by atoms with Crippen LogP contribution in [0.1, 0.15) is 11.1 Å². The first-order valence-electron chi connectivity index (χ1n) is 7.50. The van der Waals surface area contributed by atoms with E-state index in [1.54, 1.807) is 7.11 Å². The van der Waals surface area contributed by atoms with Crippen LogP contribution in [0, 0.1) is 5.92 Å². The van der Waals surface area contributed by atoms with Gasteiger partial charge < -0.3 is 14.8 Å². The van der Waals surface area contributed by atoms with E-state index in [9.17, 15) is 0 Å². The van der Waals surface area contributed by atoms with E-state index in [-0.39, 0.29) is 0 Å². The van der Waals surface area contributed by atoms with Gasteiger partial charge in [-0.3, -0.25) is 0 Å². The van der Waals surface area contributed by atoms with Crippen molar-refractivity contribution >= 4 is 15.9 Å². The summed E-state index contributed by atoms with van der Waals surface area (Å²) in [6, 6.07) is 14.4. The third-order valence-corrected chi connectivity index (χ3v) is 4.44. The molecule has 1 N–H and O–H groups in total. The molecule has 1 atom stereocenters. The van der Waals surface area contributed by atoms with Gasteiger partial charge in [0.05, 0.1) is 13.7 Å². The second kappa shape index (κ2) is 7.16. The molecule has 1 heterocycles. The van der Waals surface area contributed by atoms with Crippen LogP contribution in [0.15, 0.2) is 46.9 Å². The number of nitrogens with one attached hydrogen (secondary N) is 1. The fourth-order valence-corrected chi connectivity index (χ4v) is 3.23. The second-order valence-corrected chi connectivity index (χ2v) is 6.49. The van der Waals surface area contributed by atoms with Gasteiger partial charge in [-0.1, -0.05) is 34.1 Å². The van der Waals surface area contributed by atoms with Crippen LogP contribution in [0.4, 0.5) is 0 Å². The first kappa shape index (κ1) is 15.4. The lowest BCUT2D eigenvalue weighted by Gasteiger charge is -2.25. The van der Waals surface area contributed by atoms with Crippen molar-refractivity contribution in [1.29, 1.82) is 0 Å². The molecule has 3 rings (SSSR count). The molecule has 0 saturated heterocycles. The largest absolute Gasteiger partial charge is 0.496 e. The maximum atomic E-state index is 5.83. The van der Waals surface area contributed by atoms with Crippen LogP contribution in [0.5, 0.6) is 11.5 Å². The number of halogens is 1. The smallest absolute Gasteiger partial charge is 0.123 e. The number of ether oxygens (including phenoxy) is 2. The summed E-state index contributed by atoms with van der Waals surface area (Å²) in [4.78, 5) is 0. The molecule has 4 heteroatoms. The molecular formula is C18H20BrNO2. The van der Waals surface area contributed by atoms with Crippen LogP contribution in [-0.2, 0) is 13.0 Å². The predicted molar refractivity (Wildman–Crippen MR) is 91.5 cm³/mol. The lowest BCUT2D eigenvalue weighted by Crippen LogP contribution is -2.31. The van der Waals surface area contributed by atoms with Crippen molar-refractivity contribution in [2.45, 2.75) is 13.0 Å². The minimum Gasteiger partial charge on any atom is -0.496 e. The van der Waals surface area contributed by atoms with Gasteiger partial charge in [-0.05, 0) is 36.2 Å². The molecule has 0 saturated carbocycles. The Morgan fingerprint density at radius 1 is 1.27 bits per heavy atom. The van der Waals surface area contributed by atoms with E-state index < -0.39 is 0 Å². The Hall–Kier alpha value is -1.52. The summed E-state index contributed by atoms with van der Waals surface area (Å²) in [6.45, 7) is 2.50. The number of para-hydroxylation sites is 1. The Morgan fingerprint density at radius 2 is 2.14 bits per heavy atom. The standard InChI is InChI=1S/C18H20BrNO2/c1-21-17-7-6-16(19)9-15(17)11-20-10-13-8-14-4-2-3-5-18(14)22-12-13/h2-7,9,13,20H,8,10-12H2,1H3. The highest BCUT2D eigenvalue weighted by molar-refractivity contribution is 9.10. The normalized spacial score (nSPS) is 16.7. The van der Waals surface area contributed by atoms with Crippen molar-refractivity contribution in [1.82, 2.24) is 5.32 Å². The van der Waals surface area contributed by atoms with Crippen LogP contribution >= 0.6 is 15.9 Å². The zero-order valence-electron chi connectivity index (χ0n) is 12.6. The Bertz CT molecular complexity index is 645. The van der Waals surface area contributed by atoms with E-state index in [4.69, 9.17) is 9.47 Å². The van der Waals surface area contributed by atoms with E-state index in [2.05, 4.69) is 39.4 Å². The van der Waals surface area contributed by atoms with Crippen LogP contribution in [-0.4, -0.2) is 20.3 Å². The Labute approximate surface area is 139 Å². The molecule has 0 bridgehead atoms. The van der Waals surface area contributed by atoms with Crippen LogP contribution in [0.2, 0.25) is 0 Å². The summed E-state index contributed by atoms with van der Waals surface area (Å²) in [5.41, 5.74) is 2.47. The number of benzene rings is 2. The fraction of sp³-hybridized carbons (Fsp3) is 0.333. The molecule has 0 spiro atoms. The number of methoxy groups -OCH3 is 1. The first-order chi connectivity index (χ1) is 10.8. The summed E-state index contributed by atoms with van der Waals surface area (Å²) in [6.07, 6.45) is 1.07. The molecule has 1 unspecified atom stereocenters. The maximum Gasteiger partial charge on any atom is 0.123 e. The van der Waals surface area contributed by atoms with Gasteiger partial charge in [0.25, 0.3) is 0 Å². The summed E-state index contributed by atoms with van der Waals surface area (Å²) in [5.74, 6) is 2.46. The summed E-state index contributed by atoms with van der Waals surface area (Å²) >= 11 is 3.51. The number of hydrogen-bond donors (Lipinski definition) is 1. The molecule has 1 aliphatic heterocycles. The number of hydrogen-bond acceptors (Lipinski definition) is 3. The minimum absolute atomic E-state index is 0.507. The van der Waals surface area contributed by atoms with Gasteiger partial charge in [-0.2, -0.15) is 0 Å². The molecular weight excluding hydrogens is 342 g/mol. The third kappa shape index (κ3) is 3.62. The van der Waals surface area contributed by atoms with E-state index in [0.717, 1.165) is 47.7 Å². The topological polar surface area (TPSA) is 30.5 Å². The maximum absolute atomic E-state index is 5.83. The van der Waals surface area contributed by atoms with E-state index in [0.29, 0.717) is 5.92 Å². The van der Waals surface area contributed by atoms with Crippen LogP contribution in [0.3, 0.4) is 0 Å². The molecule has 0 radical (unpaired) electrons. The zero-order chi connectivity index (χ0) is 15.4. The lowest BCUT2D eigenvalue weighted by atomic mass is 9.97. The molecule has 3 nitrogen and oxygen atoms in total. The van der Waals surface area contributed by atoms with Gasteiger partial charge in [0.15, 0.2) is 0 Å². The predicted octanol–water partition coefficient (Wildman–Crippen LogP) is 3.80. The summed E-state index contributed by atoms with van der Waals surface area (Å²) in [7, 11) is 1.71. The van der Waals surface area contributed by atoms with Crippen molar-refractivity contribution < 1.29 is 9.47 Å². The highest BCUT2D eigenvalue weighted by Crippen LogP contribution is 2.27. The lowest BCUT2D eigenvalue weighted by molar-refractivity contribution is 0.218. The van der Waals surface area contributed by atoms with Crippen molar-refractivity contribution in [3.8, 4) is 11.5 Å². The van der Waals surface area contributed by atoms with Crippen LogP contribution in [0.25, 0.3) is 0 Å². The molecule has 0 fully saturated rings. The second-order valence-electron chi connectivity index (χ2n) is 5.58. The monoisotopic (exact) mass is 361 g/mol. The molecule has 116 valence electrons. The minimum atomic E-state index is 0.507. The molecule has 0 amide bonds. The van der Waals surface area contributed by atoms with Crippen LogP contribution < -0.4 is 14.8 Å². The van der Waals surface area contributed by atoms with Crippen molar-refractivity contribution in [3.05, 3.63) is 58.1 Å². The van der Waals surface area contributed by atoms with E-state index in [1.165, 1.54) is 5.56 Å². The third-order valence-electron chi connectivity index (χ3n) is 3.95. The quantitative estimate of drug-likeness (QED) is 0.878. The fourth-order valence-electron chi connectivity index (χ4n) is 2.82. The summed E-state index contributed by atoms with van der Waals surface area (Å²) in [5, 5.41) is 3.52. The zero-order valence-corrected chi connectivity index (χ0v) is 14.2. The van der Waals surface area contributed by atoms with Gasteiger partial charge in [0.1, 0.15) is 11.5 Å². The van der Waals surface area contributed by atoms with Gasteiger partial charge in [-0.25, -0.2) is 0 Å². The molecule has 0 aromatic heterocycles. The van der Waals surface area contributed by atoms with Gasteiger partial charge in [-0.15, -0.1) is 0 Å². The molecule has 2 aromatic rings. The van der Waals surface area contributed by atoms with Gasteiger partial charge >= 0.3 is 0 Å². The SMILES string of the molecule is COc1ccc(Br)cc1CNCC1COc2ccccc2C1. The highest BCUT2D eigenvalue weighted by atomic mass is 79.9. The average Bonchev–Trinajstić information content (AvgIpc) is 2.55. The van der Waals surface area contributed by atoms with Crippen molar-refractivity contribution in [3.63, 3.8) is 0 Å². The molecule has 22 heavy (non-hydrogen) atoms. The molecule has 1 aliphatic rings. The number of fused-ring (bicyclic) bond motifs is 1. The Morgan fingerprint density at radius 3 is 3.00 bits per heavy atom. The van der Waals surface area contributed by atoms with Gasteiger partial charge in [0, 0.05) is 29.0 Å². The van der Waals surface area contributed by atoms with Crippen molar-refractivity contribution in [2.24, 2.45) is 5.92 Å². The molecule has 2 aromatic carbocycles. The van der Waals surface area contributed by atoms with E-state index in [1.807, 2.05) is 24.3 Å². The highest BCUT2D eigenvalue weighted by Gasteiger charge is 2.19. The van der Waals surface area contributed by atoms with Gasteiger partial charge in [0.2, 0.25) is 0 Å². The Kier molecular flexibility index (Phi) is 5.01.